The van der Waals surface area contributed by atoms with Gasteiger partial charge in [-0.2, -0.15) is 0 Å². The molecule has 0 aromatic heterocycles. The number of nitrogens with two attached hydrogens (primary N) is 2. The van der Waals surface area contributed by atoms with Crippen molar-refractivity contribution in [3.8, 4) is 5.75 Å². The SMILES string of the molecule is COc1cc(Cl)c(C(N)C(C)N)cc1Cl. The lowest BCUT2D eigenvalue weighted by atomic mass is 10.0. The van der Waals surface area contributed by atoms with Gasteiger partial charge in [-0.3, -0.25) is 0 Å². The van der Waals surface area contributed by atoms with Crippen molar-refractivity contribution in [1.29, 1.82) is 0 Å². The molecule has 0 saturated carbocycles. The normalized spacial score (nSPS) is 14.8. The second-order valence-electron chi connectivity index (χ2n) is 3.39. The number of hydrogen-bond acceptors (Lipinski definition) is 3. The van der Waals surface area contributed by atoms with Gasteiger partial charge >= 0.3 is 0 Å². The van der Waals surface area contributed by atoms with Gasteiger partial charge in [-0.1, -0.05) is 23.2 Å². The quantitative estimate of drug-likeness (QED) is 0.864. The average Bonchev–Trinajstić information content (AvgIpc) is 2.19. The van der Waals surface area contributed by atoms with E-state index in [1.54, 1.807) is 12.1 Å². The summed E-state index contributed by atoms with van der Waals surface area (Å²) in [5.41, 5.74) is 12.3. The fourth-order valence-corrected chi connectivity index (χ4v) is 1.77. The minimum absolute atomic E-state index is 0.188. The molecule has 0 bridgehead atoms. The third-order valence-electron chi connectivity index (χ3n) is 2.20. The van der Waals surface area contributed by atoms with Crippen molar-refractivity contribution in [3.05, 3.63) is 27.7 Å². The van der Waals surface area contributed by atoms with Gasteiger partial charge in [0.2, 0.25) is 0 Å². The van der Waals surface area contributed by atoms with Gasteiger partial charge in [-0.25, -0.2) is 0 Å². The summed E-state index contributed by atoms with van der Waals surface area (Å²) in [6, 6.07) is 2.81. The van der Waals surface area contributed by atoms with Crippen molar-refractivity contribution in [2.24, 2.45) is 11.5 Å². The first-order valence-electron chi connectivity index (χ1n) is 4.51. The van der Waals surface area contributed by atoms with Crippen LogP contribution in [0, 0.1) is 0 Å². The number of hydrogen-bond donors (Lipinski definition) is 2. The lowest BCUT2D eigenvalue weighted by Crippen LogP contribution is -2.31. The topological polar surface area (TPSA) is 61.3 Å². The van der Waals surface area contributed by atoms with Crippen LogP contribution in [0.2, 0.25) is 10.0 Å². The monoisotopic (exact) mass is 248 g/mol. The van der Waals surface area contributed by atoms with Crippen LogP contribution in [0.4, 0.5) is 0 Å². The summed E-state index contributed by atoms with van der Waals surface area (Å²) in [5, 5.41) is 0.994. The average molecular weight is 249 g/mol. The Morgan fingerprint density at radius 3 is 2.27 bits per heavy atom. The van der Waals surface area contributed by atoms with E-state index in [1.807, 2.05) is 6.92 Å². The van der Waals surface area contributed by atoms with Crippen molar-refractivity contribution in [2.45, 2.75) is 19.0 Å². The molecule has 0 radical (unpaired) electrons. The fourth-order valence-electron chi connectivity index (χ4n) is 1.24. The minimum Gasteiger partial charge on any atom is -0.495 e. The highest BCUT2D eigenvalue weighted by atomic mass is 35.5. The number of methoxy groups -OCH3 is 1. The predicted molar refractivity (Wildman–Crippen MR) is 63.6 cm³/mol. The van der Waals surface area contributed by atoms with Gasteiger partial charge in [0.15, 0.2) is 0 Å². The van der Waals surface area contributed by atoms with Crippen molar-refractivity contribution in [1.82, 2.24) is 0 Å². The fraction of sp³-hybridized carbons (Fsp3) is 0.400. The van der Waals surface area contributed by atoms with E-state index in [0.717, 1.165) is 5.56 Å². The zero-order valence-corrected chi connectivity index (χ0v) is 10.1. The molecule has 1 aromatic rings. The van der Waals surface area contributed by atoms with Crippen LogP contribution in [-0.4, -0.2) is 13.2 Å². The third kappa shape index (κ3) is 2.75. The maximum Gasteiger partial charge on any atom is 0.138 e. The van der Waals surface area contributed by atoms with Gasteiger partial charge in [-0.05, 0) is 18.6 Å². The Labute approximate surface area is 99.3 Å². The Balaban J connectivity index is 3.15. The van der Waals surface area contributed by atoms with E-state index in [2.05, 4.69) is 0 Å². The molecule has 0 heterocycles. The van der Waals surface area contributed by atoms with E-state index in [1.165, 1.54) is 7.11 Å². The molecule has 1 rings (SSSR count). The summed E-state index contributed by atoms with van der Waals surface area (Å²) in [6.45, 7) is 1.82. The number of benzene rings is 1. The summed E-state index contributed by atoms with van der Waals surface area (Å²) in [5.74, 6) is 0.530. The van der Waals surface area contributed by atoms with Gasteiger partial charge in [0.25, 0.3) is 0 Å². The lowest BCUT2D eigenvalue weighted by molar-refractivity contribution is 0.414. The van der Waals surface area contributed by atoms with Gasteiger partial charge in [-0.15, -0.1) is 0 Å². The van der Waals surface area contributed by atoms with Crippen LogP contribution in [0.25, 0.3) is 0 Å². The molecule has 2 atom stereocenters. The lowest BCUT2D eigenvalue weighted by Gasteiger charge is -2.18. The maximum absolute atomic E-state index is 6.04. The van der Waals surface area contributed by atoms with E-state index < -0.39 is 0 Å². The molecule has 3 nitrogen and oxygen atoms in total. The van der Waals surface area contributed by atoms with Crippen LogP contribution in [0.3, 0.4) is 0 Å². The maximum atomic E-state index is 6.04. The predicted octanol–water partition coefficient (Wildman–Crippen LogP) is 2.35. The van der Waals surface area contributed by atoms with Crippen LogP contribution >= 0.6 is 23.2 Å². The first kappa shape index (κ1) is 12.6. The van der Waals surface area contributed by atoms with E-state index >= 15 is 0 Å². The Kier molecular flexibility index (Phi) is 4.22. The van der Waals surface area contributed by atoms with E-state index in [-0.39, 0.29) is 12.1 Å². The third-order valence-corrected chi connectivity index (χ3v) is 2.82. The standard InChI is InChI=1S/C10H14Cl2N2O/c1-5(13)10(14)6-3-8(12)9(15-2)4-7(6)11/h3-5,10H,13-14H2,1-2H3. The van der Waals surface area contributed by atoms with E-state index in [4.69, 9.17) is 39.4 Å². The highest BCUT2D eigenvalue weighted by Gasteiger charge is 2.16. The molecule has 0 saturated heterocycles. The molecule has 4 N–H and O–H groups in total. The largest absolute Gasteiger partial charge is 0.495 e. The molecule has 0 aliphatic carbocycles. The van der Waals surface area contributed by atoms with Gasteiger partial charge < -0.3 is 16.2 Å². The molecule has 1 aromatic carbocycles. The molecule has 84 valence electrons. The van der Waals surface area contributed by atoms with Crippen LogP contribution in [0.1, 0.15) is 18.5 Å². The smallest absolute Gasteiger partial charge is 0.138 e. The second-order valence-corrected chi connectivity index (χ2v) is 4.21. The summed E-state index contributed by atoms with van der Waals surface area (Å²) in [7, 11) is 1.53. The molecular weight excluding hydrogens is 235 g/mol. The molecular formula is C10H14Cl2N2O. The minimum atomic E-state index is -0.332. The Morgan fingerprint density at radius 1 is 1.20 bits per heavy atom. The zero-order valence-electron chi connectivity index (χ0n) is 8.63. The molecule has 15 heavy (non-hydrogen) atoms. The highest BCUT2D eigenvalue weighted by Crippen LogP contribution is 2.33. The molecule has 2 unspecified atom stereocenters. The van der Waals surface area contributed by atoms with Gasteiger partial charge in [0.05, 0.1) is 12.1 Å². The Hall–Kier alpha value is -0.480. The highest BCUT2D eigenvalue weighted by molar-refractivity contribution is 6.34. The summed E-state index contributed by atoms with van der Waals surface area (Å²) < 4.78 is 5.03. The molecule has 5 heteroatoms. The molecule has 0 fully saturated rings. The number of rotatable bonds is 3. The molecule has 0 amide bonds. The summed E-state index contributed by atoms with van der Waals surface area (Å²) >= 11 is 12.0. The van der Waals surface area contributed by atoms with Gasteiger partial charge in [0, 0.05) is 23.2 Å². The zero-order chi connectivity index (χ0) is 11.6. The Bertz CT molecular complexity index is 356. The number of ether oxygens (including phenoxy) is 1. The van der Waals surface area contributed by atoms with Crippen molar-refractivity contribution >= 4 is 23.2 Å². The summed E-state index contributed by atoms with van der Waals surface area (Å²) in [6.07, 6.45) is 0. The first-order valence-corrected chi connectivity index (χ1v) is 5.27. The molecule has 0 aliphatic rings. The van der Waals surface area contributed by atoms with Crippen LogP contribution in [0.15, 0.2) is 12.1 Å². The van der Waals surface area contributed by atoms with Crippen molar-refractivity contribution in [3.63, 3.8) is 0 Å². The Morgan fingerprint density at radius 2 is 1.80 bits per heavy atom. The molecule has 0 aliphatic heterocycles. The van der Waals surface area contributed by atoms with Crippen molar-refractivity contribution in [2.75, 3.05) is 7.11 Å². The van der Waals surface area contributed by atoms with Crippen molar-refractivity contribution < 1.29 is 4.74 Å². The van der Waals surface area contributed by atoms with Crippen LogP contribution in [-0.2, 0) is 0 Å². The summed E-state index contributed by atoms with van der Waals surface area (Å²) in [4.78, 5) is 0. The van der Waals surface area contributed by atoms with Gasteiger partial charge in [0.1, 0.15) is 5.75 Å². The number of halogens is 2. The van der Waals surface area contributed by atoms with E-state index in [9.17, 15) is 0 Å². The first-order chi connectivity index (χ1) is 6.97. The van der Waals surface area contributed by atoms with Crippen LogP contribution < -0.4 is 16.2 Å². The molecule has 0 spiro atoms. The van der Waals surface area contributed by atoms with E-state index in [0.29, 0.717) is 15.8 Å². The second kappa shape index (κ2) is 5.03. The van der Waals surface area contributed by atoms with Crippen LogP contribution in [0.5, 0.6) is 5.75 Å².